The van der Waals surface area contributed by atoms with Gasteiger partial charge in [-0.05, 0) is 13.0 Å². The fraction of sp³-hybridized carbons (Fsp3) is 0.300. The lowest BCUT2D eigenvalue weighted by Gasteiger charge is -2.06. The first kappa shape index (κ1) is 8.10. The van der Waals surface area contributed by atoms with Crippen LogP contribution >= 0.6 is 0 Å². The van der Waals surface area contributed by atoms with Crippen molar-refractivity contribution < 1.29 is 14.6 Å². The van der Waals surface area contributed by atoms with Crippen LogP contribution in [0.15, 0.2) is 18.2 Å². The maximum Gasteiger partial charge on any atom is 0.123 e. The van der Waals surface area contributed by atoms with Crippen LogP contribution in [-0.4, -0.2) is 12.1 Å². The second-order valence-electron chi connectivity index (χ2n) is 3.20. The van der Waals surface area contributed by atoms with Crippen LogP contribution in [-0.2, 0) is 6.42 Å². The number of carbonyl (C=O) groups excluding carboxylic acids is 1. The van der Waals surface area contributed by atoms with E-state index in [1.165, 1.54) is 0 Å². The topological polar surface area (TPSA) is 49.4 Å². The van der Waals surface area contributed by atoms with Crippen molar-refractivity contribution in [1.82, 2.24) is 0 Å². The van der Waals surface area contributed by atoms with E-state index >= 15 is 0 Å². The Morgan fingerprint density at radius 3 is 3.08 bits per heavy atom. The van der Waals surface area contributed by atoms with Gasteiger partial charge in [0.2, 0.25) is 0 Å². The zero-order chi connectivity index (χ0) is 9.42. The monoisotopic (exact) mass is 177 g/mol. The summed E-state index contributed by atoms with van der Waals surface area (Å²) < 4.78 is 5.41. The molecule has 0 spiro atoms. The summed E-state index contributed by atoms with van der Waals surface area (Å²) in [6, 6.07) is 5.00. The molecule has 1 atom stereocenters. The Labute approximate surface area is 76.0 Å². The van der Waals surface area contributed by atoms with E-state index in [4.69, 9.17) is 4.74 Å². The normalized spacial score (nSPS) is 19.3. The van der Waals surface area contributed by atoms with Crippen molar-refractivity contribution >= 4 is 5.97 Å². The SMILES string of the molecule is CC1Cc2c(cccc2C(=O)[O-])O1. The van der Waals surface area contributed by atoms with Crippen molar-refractivity contribution in [2.75, 3.05) is 0 Å². The fourth-order valence-corrected chi connectivity index (χ4v) is 1.62. The van der Waals surface area contributed by atoms with Crippen LogP contribution in [0.2, 0.25) is 0 Å². The van der Waals surface area contributed by atoms with E-state index in [9.17, 15) is 9.90 Å². The molecule has 1 aliphatic heterocycles. The number of ether oxygens (including phenoxy) is 1. The molecule has 0 aliphatic carbocycles. The maximum atomic E-state index is 10.7. The van der Waals surface area contributed by atoms with Crippen molar-refractivity contribution in [3.05, 3.63) is 29.3 Å². The molecule has 1 heterocycles. The minimum Gasteiger partial charge on any atom is -0.545 e. The molecule has 13 heavy (non-hydrogen) atoms. The smallest absolute Gasteiger partial charge is 0.123 e. The van der Waals surface area contributed by atoms with E-state index in [-0.39, 0.29) is 11.7 Å². The maximum absolute atomic E-state index is 10.7. The molecule has 0 saturated carbocycles. The fourth-order valence-electron chi connectivity index (χ4n) is 1.62. The molecule has 0 fully saturated rings. The zero-order valence-corrected chi connectivity index (χ0v) is 7.24. The molecule has 1 unspecified atom stereocenters. The number of carbonyl (C=O) groups is 1. The van der Waals surface area contributed by atoms with E-state index in [1.807, 2.05) is 6.92 Å². The Morgan fingerprint density at radius 2 is 2.38 bits per heavy atom. The molecule has 0 bridgehead atoms. The summed E-state index contributed by atoms with van der Waals surface area (Å²) in [6.07, 6.45) is 0.718. The quantitative estimate of drug-likeness (QED) is 0.622. The van der Waals surface area contributed by atoms with Crippen LogP contribution in [0.5, 0.6) is 5.75 Å². The minimum absolute atomic E-state index is 0.0653. The molecule has 1 aromatic carbocycles. The van der Waals surface area contributed by atoms with E-state index in [1.54, 1.807) is 18.2 Å². The van der Waals surface area contributed by atoms with Gasteiger partial charge in [-0.3, -0.25) is 0 Å². The second-order valence-corrected chi connectivity index (χ2v) is 3.20. The summed E-state index contributed by atoms with van der Waals surface area (Å²) in [5.41, 5.74) is 1.01. The largest absolute Gasteiger partial charge is 0.545 e. The predicted molar refractivity (Wildman–Crippen MR) is 44.6 cm³/mol. The molecule has 0 N–H and O–H groups in total. The summed E-state index contributed by atoms with van der Waals surface area (Å²) >= 11 is 0. The first-order chi connectivity index (χ1) is 6.18. The van der Waals surface area contributed by atoms with Crippen molar-refractivity contribution in [3.63, 3.8) is 0 Å². The van der Waals surface area contributed by atoms with Crippen molar-refractivity contribution in [2.45, 2.75) is 19.4 Å². The number of aromatic carboxylic acids is 1. The van der Waals surface area contributed by atoms with Gasteiger partial charge >= 0.3 is 0 Å². The lowest BCUT2D eigenvalue weighted by Crippen LogP contribution is -2.23. The summed E-state index contributed by atoms with van der Waals surface area (Å²) in [5.74, 6) is -0.455. The van der Waals surface area contributed by atoms with Gasteiger partial charge in [0.05, 0.1) is 5.97 Å². The zero-order valence-electron chi connectivity index (χ0n) is 7.24. The van der Waals surface area contributed by atoms with Gasteiger partial charge in [-0.15, -0.1) is 0 Å². The third-order valence-corrected chi connectivity index (χ3v) is 2.17. The molecule has 3 nitrogen and oxygen atoms in total. The van der Waals surface area contributed by atoms with Crippen LogP contribution in [0.3, 0.4) is 0 Å². The minimum atomic E-state index is -1.13. The Hall–Kier alpha value is -1.51. The highest BCUT2D eigenvalue weighted by molar-refractivity contribution is 5.88. The Kier molecular flexibility index (Phi) is 1.72. The molecular formula is C10H9O3-. The highest BCUT2D eigenvalue weighted by atomic mass is 16.5. The average molecular weight is 177 g/mol. The van der Waals surface area contributed by atoms with Crippen LogP contribution in [0, 0.1) is 0 Å². The van der Waals surface area contributed by atoms with Crippen molar-refractivity contribution in [1.29, 1.82) is 0 Å². The number of fused-ring (bicyclic) bond motifs is 1. The van der Waals surface area contributed by atoms with Crippen molar-refractivity contribution in [2.24, 2.45) is 0 Å². The van der Waals surface area contributed by atoms with Gasteiger partial charge in [0.25, 0.3) is 0 Å². The average Bonchev–Trinajstić information content (AvgIpc) is 2.43. The van der Waals surface area contributed by atoms with Crippen LogP contribution < -0.4 is 9.84 Å². The highest BCUT2D eigenvalue weighted by Gasteiger charge is 2.21. The molecule has 0 amide bonds. The van der Waals surface area contributed by atoms with Crippen LogP contribution in [0.1, 0.15) is 22.8 Å². The predicted octanol–water partition coefficient (Wildman–Crippen LogP) is 0.373. The summed E-state index contributed by atoms with van der Waals surface area (Å²) in [4.78, 5) is 10.7. The number of rotatable bonds is 1. The summed E-state index contributed by atoms with van der Waals surface area (Å²) in [7, 11) is 0. The Bertz CT molecular complexity index is 357. The molecule has 3 heteroatoms. The van der Waals surface area contributed by atoms with E-state index in [0.717, 1.165) is 5.56 Å². The van der Waals surface area contributed by atoms with Crippen LogP contribution in [0.25, 0.3) is 0 Å². The number of hydrogen-bond acceptors (Lipinski definition) is 3. The van der Waals surface area contributed by atoms with Gasteiger partial charge in [-0.2, -0.15) is 0 Å². The molecule has 1 aliphatic rings. The molecular weight excluding hydrogens is 168 g/mol. The lowest BCUT2D eigenvalue weighted by molar-refractivity contribution is -0.255. The second kappa shape index (κ2) is 2.76. The molecule has 68 valence electrons. The van der Waals surface area contributed by atoms with E-state index in [2.05, 4.69) is 0 Å². The van der Waals surface area contributed by atoms with Crippen molar-refractivity contribution in [3.8, 4) is 5.75 Å². The molecule has 1 aromatic rings. The molecule has 0 radical (unpaired) electrons. The summed E-state index contributed by atoms with van der Waals surface area (Å²) in [5, 5.41) is 10.7. The van der Waals surface area contributed by atoms with Gasteiger partial charge < -0.3 is 14.6 Å². The number of benzene rings is 1. The summed E-state index contributed by atoms with van der Waals surface area (Å²) in [6.45, 7) is 1.92. The number of carboxylic acids is 1. The van der Waals surface area contributed by atoms with Gasteiger partial charge in [-0.25, -0.2) is 0 Å². The molecule has 0 saturated heterocycles. The Morgan fingerprint density at radius 1 is 1.62 bits per heavy atom. The van der Waals surface area contributed by atoms with E-state index < -0.39 is 5.97 Å². The first-order valence-electron chi connectivity index (χ1n) is 4.18. The van der Waals surface area contributed by atoms with Gasteiger partial charge in [0.15, 0.2) is 0 Å². The molecule has 2 rings (SSSR count). The third-order valence-electron chi connectivity index (χ3n) is 2.17. The lowest BCUT2D eigenvalue weighted by atomic mass is 10.0. The standard InChI is InChI=1S/C10H10O3/c1-6-5-8-7(10(11)12)3-2-4-9(8)13-6/h2-4,6H,5H2,1H3,(H,11,12)/p-1. The molecule has 0 aromatic heterocycles. The Balaban J connectivity index is 2.51. The van der Waals surface area contributed by atoms with Gasteiger partial charge in [0, 0.05) is 17.5 Å². The number of carboxylic acid groups (broad SMARTS) is 1. The number of hydrogen-bond donors (Lipinski definition) is 0. The van der Waals surface area contributed by atoms with Gasteiger partial charge in [0.1, 0.15) is 11.9 Å². The first-order valence-corrected chi connectivity index (χ1v) is 4.18. The van der Waals surface area contributed by atoms with Gasteiger partial charge in [-0.1, -0.05) is 12.1 Å². The third kappa shape index (κ3) is 1.26. The van der Waals surface area contributed by atoms with E-state index in [0.29, 0.717) is 12.2 Å². The highest BCUT2D eigenvalue weighted by Crippen LogP contribution is 2.30. The van der Waals surface area contributed by atoms with Crippen LogP contribution in [0.4, 0.5) is 0 Å².